The molecule has 14 nitrogen and oxygen atoms in total. The average molecular weight is 824 g/mol. The highest BCUT2D eigenvalue weighted by molar-refractivity contribution is 6.31. The van der Waals surface area contributed by atoms with Crippen LogP contribution in [0, 0.1) is 22.2 Å². The molecule has 310 valence electrons. The van der Waals surface area contributed by atoms with Crippen molar-refractivity contribution >= 4 is 47.0 Å². The van der Waals surface area contributed by atoms with Crippen molar-refractivity contribution in [2.75, 3.05) is 50.8 Å². The van der Waals surface area contributed by atoms with Gasteiger partial charge in [0.05, 0.1) is 33.9 Å². The second-order valence-electron chi connectivity index (χ2n) is 16.9. The van der Waals surface area contributed by atoms with E-state index in [4.69, 9.17) is 21.1 Å². The summed E-state index contributed by atoms with van der Waals surface area (Å²) in [6, 6.07) is 14.9. The number of benzene rings is 2. The second kappa shape index (κ2) is 17.1. The van der Waals surface area contributed by atoms with Crippen molar-refractivity contribution in [3.05, 3.63) is 87.6 Å². The zero-order valence-electron chi connectivity index (χ0n) is 33.9. The molecule has 59 heavy (non-hydrogen) atoms. The molecular formula is C44H50ClN7O7. The number of anilines is 1. The van der Waals surface area contributed by atoms with Crippen molar-refractivity contribution in [1.82, 2.24) is 25.4 Å². The molecule has 1 aromatic heterocycles. The number of imide groups is 2. The lowest BCUT2D eigenvalue weighted by atomic mass is 9.49. The van der Waals surface area contributed by atoms with Crippen molar-refractivity contribution in [2.24, 2.45) is 10.8 Å². The number of piperazine rings is 1. The molecule has 3 aromatic rings. The van der Waals surface area contributed by atoms with Gasteiger partial charge in [-0.25, -0.2) is 4.98 Å². The summed E-state index contributed by atoms with van der Waals surface area (Å²) in [5, 5.41) is 15.0. The average Bonchev–Trinajstić information content (AvgIpc) is 3.47. The molecule has 2 N–H and O–H groups in total. The minimum atomic E-state index is -0.979. The first kappa shape index (κ1) is 41.8. The van der Waals surface area contributed by atoms with Crippen molar-refractivity contribution < 1.29 is 33.4 Å². The largest absolute Gasteiger partial charge is 0.489 e. The van der Waals surface area contributed by atoms with Gasteiger partial charge in [0.2, 0.25) is 11.8 Å². The summed E-state index contributed by atoms with van der Waals surface area (Å²) in [7, 11) is 0. The number of halogens is 1. The van der Waals surface area contributed by atoms with Gasteiger partial charge in [0.25, 0.3) is 17.7 Å². The number of nitriles is 1. The van der Waals surface area contributed by atoms with Crippen LogP contribution in [0.1, 0.15) is 95.6 Å². The van der Waals surface area contributed by atoms with Crippen LogP contribution in [-0.2, 0) is 20.7 Å². The molecule has 5 amide bonds. The van der Waals surface area contributed by atoms with Crippen LogP contribution in [0.4, 0.5) is 5.82 Å². The van der Waals surface area contributed by atoms with E-state index in [0.717, 1.165) is 61.8 Å². The molecule has 7 rings (SSSR count). The smallest absolute Gasteiger partial charge is 0.262 e. The number of rotatable bonds is 14. The summed E-state index contributed by atoms with van der Waals surface area (Å²) in [6.07, 6.45) is 3.80. The lowest BCUT2D eigenvalue weighted by Gasteiger charge is -2.63. The number of nitrogens with zero attached hydrogens (tertiary/aromatic N) is 5. The zero-order valence-corrected chi connectivity index (χ0v) is 34.6. The van der Waals surface area contributed by atoms with Crippen molar-refractivity contribution in [2.45, 2.75) is 78.0 Å². The van der Waals surface area contributed by atoms with Crippen molar-refractivity contribution in [3.63, 3.8) is 0 Å². The Morgan fingerprint density at radius 3 is 2.42 bits per heavy atom. The van der Waals surface area contributed by atoms with Crippen molar-refractivity contribution in [1.29, 1.82) is 5.26 Å². The first-order chi connectivity index (χ1) is 28.2. The first-order valence-electron chi connectivity index (χ1n) is 20.2. The van der Waals surface area contributed by atoms with E-state index in [1.165, 1.54) is 0 Å². The van der Waals surface area contributed by atoms with Crippen LogP contribution >= 0.6 is 11.6 Å². The van der Waals surface area contributed by atoms with Crippen LogP contribution in [0.5, 0.6) is 5.75 Å². The van der Waals surface area contributed by atoms with Crippen LogP contribution in [0.2, 0.25) is 5.02 Å². The Bertz CT molecular complexity index is 2160. The molecule has 4 aliphatic rings. The maximum Gasteiger partial charge on any atom is 0.262 e. The summed E-state index contributed by atoms with van der Waals surface area (Å²) < 4.78 is 12.3. The Labute approximate surface area is 349 Å². The summed E-state index contributed by atoms with van der Waals surface area (Å²) in [5.74, 6) is -0.757. The Hall–Kier alpha value is -5.36. The van der Waals surface area contributed by atoms with E-state index in [1.54, 1.807) is 36.5 Å². The third kappa shape index (κ3) is 8.42. The summed E-state index contributed by atoms with van der Waals surface area (Å²) >= 11 is 6.24. The molecule has 0 bridgehead atoms. The van der Waals surface area contributed by atoms with Gasteiger partial charge >= 0.3 is 0 Å². The third-order valence-corrected chi connectivity index (χ3v) is 12.5. The number of fused-ring (bicyclic) bond motifs is 1. The molecule has 0 spiro atoms. The molecule has 1 aliphatic carbocycles. The molecule has 0 radical (unpaired) electrons. The number of carbonyl (C=O) groups excluding carboxylic acids is 5. The summed E-state index contributed by atoms with van der Waals surface area (Å²) in [6.45, 7) is 13.6. The maximum absolute atomic E-state index is 13.4. The van der Waals surface area contributed by atoms with Gasteiger partial charge in [-0.3, -0.25) is 39.1 Å². The standard InChI is InChI=1S/C44H50ClN7O7/c1-43(2)41(44(3,4)42(43)59-30-13-11-28(25-46)32(45)24-30)49-37(54)29-12-15-34(47-26-29)51-19-17-50(18-20-51)21-23-58-22-6-5-8-27-9-7-10-31-36(27)40(57)52(39(31)56)33-14-16-35(53)48-38(33)55/h7,9-13,15,24,26,33,41-42H,5-6,8,14,16-23H2,1-4H3,(H,49,54)(H,48,53,55)/t33-,41?,42?/m0/s1. The van der Waals surface area contributed by atoms with Crippen LogP contribution < -0.4 is 20.3 Å². The van der Waals surface area contributed by atoms with Gasteiger partial charge in [-0.1, -0.05) is 51.4 Å². The summed E-state index contributed by atoms with van der Waals surface area (Å²) in [5.41, 5.74) is 1.56. The Morgan fingerprint density at radius 1 is 0.983 bits per heavy atom. The number of piperidine rings is 1. The number of unbranched alkanes of at least 4 members (excludes halogenated alkanes) is 1. The van der Waals surface area contributed by atoms with Crippen LogP contribution in [0.15, 0.2) is 54.7 Å². The van der Waals surface area contributed by atoms with E-state index < -0.39 is 29.7 Å². The van der Waals surface area contributed by atoms with Gasteiger partial charge in [-0.05, 0) is 61.6 Å². The Morgan fingerprint density at radius 2 is 1.75 bits per heavy atom. The minimum absolute atomic E-state index is 0.0847. The van der Waals surface area contributed by atoms with E-state index in [1.807, 2.05) is 18.2 Å². The molecule has 1 saturated carbocycles. The number of pyridine rings is 1. The normalized spacial score (nSPS) is 22.3. The molecule has 1 atom stereocenters. The summed E-state index contributed by atoms with van der Waals surface area (Å²) in [4.78, 5) is 74.1. The van der Waals surface area contributed by atoms with Crippen LogP contribution in [0.25, 0.3) is 0 Å². The highest BCUT2D eigenvalue weighted by atomic mass is 35.5. The fraction of sp³-hybridized carbons (Fsp3) is 0.477. The first-order valence-corrected chi connectivity index (χ1v) is 20.6. The number of hydrogen-bond donors (Lipinski definition) is 2. The molecule has 15 heteroatoms. The number of amides is 5. The second-order valence-corrected chi connectivity index (χ2v) is 17.3. The number of hydrogen-bond acceptors (Lipinski definition) is 11. The zero-order chi connectivity index (χ0) is 42.1. The highest BCUT2D eigenvalue weighted by Gasteiger charge is 2.64. The molecule has 3 fully saturated rings. The molecular weight excluding hydrogens is 774 g/mol. The predicted octanol–water partition coefficient (Wildman–Crippen LogP) is 4.78. The number of nitrogens with one attached hydrogen (secondary N) is 2. The predicted molar refractivity (Wildman–Crippen MR) is 219 cm³/mol. The van der Waals surface area contributed by atoms with Gasteiger partial charge < -0.3 is 19.7 Å². The fourth-order valence-corrected chi connectivity index (χ4v) is 9.54. The number of ether oxygens (including phenoxy) is 2. The van der Waals surface area contributed by atoms with E-state index in [0.29, 0.717) is 52.7 Å². The topological polar surface area (TPSA) is 174 Å². The number of aromatic nitrogens is 1. The van der Waals surface area contributed by atoms with Gasteiger partial charge in [-0.2, -0.15) is 5.26 Å². The number of carbonyl (C=O) groups is 5. The van der Waals surface area contributed by atoms with Crippen molar-refractivity contribution in [3.8, 4) is 11.8 Å². The van der Waals surface area contributed by atoms with E-state index >= 15 is 0 Å². The Balaban J connectivity index is 0.803. The van der Waals surface area contributed by atoms with Crippen LogP contribution in [-0.4, -0.2) is 108 Å². The molecule has 0 unspecified atom stereocenters. The van der Waals surface area contributed by atoms with Gasteiger partial charge in [-0.15, -0.1) is 0 Å². The molecule has 2 aromatic carbocycles. The molecule has 2 saturated heterocycles. The van der Waals surface area contributed by atoms with E-state index in [9.17, 15) is 29.2 Å². The van der Waals surface area contributed by atoms with Gasteiger partial charge in [0.1, 0.15) is 29.8 Å². The maximum atomic E-state index is 13.4. The Kier molecular flexibility index (Phi) is 12.1. The fourth-order valence-electron chi connectivity index (χ4n) is 9.33. The van der Waals surface area contributed by atoms with E-state index in [2.05, 4.69) is 59.2 Å². The van der Waals surface area contributed by atoms with Gasteiger partial charge in [0, 0.05) is 74.9 Å². The molecule has 4 heterocycles. The monoisotopic (exact) mass is 823 g/mol. The third-order valence-electron chi connectivity index (χ3n) is 12.2. The minimum Gasteiger partial charge on any atom is -0.489 e. The lowest BCUT2D eigenvalue weighted by molar-refractivity contribution is -0.164. The van der Waals surface area contributed by atoms with E-state index in [-0.39, 0.29) is 41.7 Å². The quantitative estimate of drug-likeness (QED) is 0.169. The lowest BCUT2D eigenvalue weighted by Crippen LogP contribution is -2.74. The molecule has 3 aliphatic heterocycles. The highest BCUT2D eigenvalue weighted by Crippen LogP contribution is 2.55. The van der Waals surface area contributed by atoms with Crippen LogP contribution in [0.3, 0.4) is 0 Å². The number of aryl methyl sites for hydroxylation is 1. The SMILES string of the molecule is CC1(C)C(NC(=O)c2ccc(N3CCN(CCOCCCCc4cccc5c4C(=O)N([C@H]4CCC(=O)NC4=O)C5=O)CC3)nc2)C(C)(C)C1Oc1ccc(C#N)c(Cl)c1. The van der Waals surface area contributed by atoms with Gasteiger partial charge in [0.15, 0.2) is 0 Å².